The number of nitrogens with zero attached hydrogens (tertiary/aromatic N) is 5. The molecule has 194 valence electrons. The highest BCUT2D eigenvalue weighted by Crippen LogP contribution is 2.46. The smallest absolute Gasteiger partial charge is 0.416 e. The van der Waals surface area contributed by atoms with E-state index in [-0.39, 0.29) is 12.4 Å². The molecule has 14 heteroatoms. The van der Waals surface area contributed by atoms with Crippen LogP contribution in [-0.2, 0) is 30.9 Å². The monoisotopic (exact) mass is 527 g/mol. The Hall–Kier alpha value is -4.07. The predicted molar refractivity (Wildman–Crippen MR) is 112 cm³/mol. The van der Waals surface area contributed by atoms with Gasteiger partial charge in [-0.05, 0) is 52.4 Å². The average molecular weight is 527 g/mol. The summed E-state index contributed by atoms with van der Waals surface area (Å²) >= 11 is 0. The minimum Gasteiger partial charge on any atom is -0.487 e. The Morgan fingerprint density at radius 1 is 0.919 bits per heavy atom. The van der Waals surface area contributed by atoms with E-state index in [1.165, 1.54) is 12.1 Å². The number of hydrogen-bond donors (Lipinski definition) is 1. The highest BCUT2D eigenvalue weighted by Gasteiger charge is 2.58. The number of pyridine rings is 1. The summed E-state index contributed by atoms with van der Waals surface area (Å²) in [6, 6.07) is 7.83. The maximum absolute atomic E-state index is 15.7. The second kappa shape index (κ2) is 9.76. The summed E-state index contributed by atoms with van der Waals surface area (Å²) in [6.07, 6.45) is -2.66. The van der Waals surface area contributed by atoms with Crippen LogP contribution in [0.5, 0.6) is 5.75 Å². The van der Waals surface area contributed by atoms with Gasteiger partial charge in [-0.15, -0.1) is 5.10 Å². The van der Waals surface area contributed by atoms with Crippen LogP contribution in [0.4, 0.5) is 30.7 Å². The zero-order valence-corrected chi connectivity index (χ0v) is 18.5. The maximum Gasteiger partial charge on any atom is 0.416 e. The molecule has 2 heterocycles. The molecule has 0 bridgehead atoms. The van der Waals surface area contributed by atoms with E-state index in [2.05, 4.69) is 20.5 Å². The lowest BCUT2D eigenvalue weighted by Gasteiger charge is -2.35. The zero-order chi connectivity index (χ0) is 26.8. The van der Waals surface area contributed by atoms with E-state index in [9.17, 15) is 27.1 Å². The highest BCUT2D eigenvalue weighted by molar-refractivity contribution is 5.32. The molecule has 1 unspecified atom stereocenters. The molecule has 0 aliphatic rings. The van der Waals surface area contributed by atoms with E-state index in [1.807, 2.05) is 0 Å². The topological polar surface area (TPSA) is 86.0 Å². The van der Waals surface area contributed by atoms with Crippen LogP contribution in [0.1, 0.15) is 22.4 Å². The molecule has 0 aliphatic heterocycles. The zero-order valence-electron chi connectivity index (χ0n) is 18.5. The van der Waals surface area contributed by atoms with Gasteiger partial charge in [0.25, 0.3) is 0 Å². The minimum atomic E-state index is -4.49. The number of tetrazole rings is 1. The summed E-state index contributed by atoms with van der Waals surface area (Å²) in [5, 5.41) is 21.2. The summed E-state index contributed by atoms with van der Waals surface area (Å²) in [5.41, 5.74) is -5.65. The second-order valence-corrected chi connectivity index (χ2v) is 7.93. The van der Waals surface area contributed by atoms with Gasteiger partial charge in [-0.1, -0.05) is 12.1 Å². The van der Waals surface area contributed by atoms with Crippen molar-refractivity contribution < 1.29 is 40.6 Å². The lowest BCUT2D eigenvalue weighted by atomic mass is 9.84. The first-order chi connectivity index (χ1) is 17.4. The van der Waals surface area contributed by atoms with Crippen molar-refractivity contribution in [1.82, 2.24) is 25.2 Å². The second-order valence-electron chi connectivity index (χ2n) is 7.93. The molecule has 2 aromatic heterocycles. The van der Waals surface area contributed by atoms with Gasteiger partial charge < -0.3 is 9.84 Å². The largest absolute Gasteiger partial charge is 0.487 e. The molecule has 0 radical (unpaired) electrons. The first kappa shape index (κ1) is 26.0. The van der Waals surface area contributed by atoms with Crippen molar-refractivity contribution in [2.45, 2.75) is 30.9 Å². The molecule has 0 spiro atoms. The van der Waals surface area contributed by atoms with Gasteiger partial charge in [0.1, 0.15) is 36.0 Å². The van der Waals surface area contributed by atoms with E-state index in [1.54, 1.807) is 0 Å². The normalized spacial score (nSPS) is 13.8. The number of hydrogen-bond acceptors (Lipinski definition) is 6. The van der Waals surface area contributed by atoms with Gasteiger partial charge in [0.05, 0.1) is 18.3 Å². The number of aliphatic hydroxyl groups is 1. The lowest BCUT2D eigenvalue weighted by Crippen LogP contribution is -2.48. The van der Waals surface area contributed by atoms with Crippen LogP contribution in [0.2, 0.25) is 0 Å². The molecule has 1 N–H and O–H groups in total. The summed E-state index contributed by atoms with van der Waals surface area (Å²) in [5.74, 6) is -6.71. The highest BCUT2D eigenvalue weighted by atomic mass is 19.4. The van der Waals surface area contributed by atoms with Crippen LogP contribution < -0.4 is 4.74 Å². The lowest BCUT2D eigenvalue weighted by molar-refractivity contribution is -0.207. The van der Waals surface area contributed by atoms with Gasteiger partial charge in [-0.25, -0.2) is 13.5 Å². The Labute approximate surface area is 204 Å². The average Bonchev–Trinajstić information content (AvgIpc) is 3.35. The van der Waals surface area contributed by atoms with Crippen LogP contribution >= 0.6 is 0 Å². The molecule has 4 aromatic rings. The molecule has 0 amide bonds. The van der Waals surface area contributed by atoms with Gasteiger partial charge in [0, 0.05) is 11.6 Å². The van der Waals surface area contributed by atoms with Crippen molar-refractivity contribution in [3.8, 4) is 5.75 Å². The van der Waals surface area contributed by atoms with Gasteiger partial charge in [0.15, 0.2) is 5.60 Å². The van der Waals surface area contributed by atoms with Crippen molar-refractivity contribution in [3.05, 3.63) is 101 Å². The molecular formula is C23H16F7N5O2. The Balaban J connectivity index is 1.58. The SMILES string of the molecule is OC(Cn1cnnn1)(c1ccc(F)cc1F)C(F)(F)c1ccc(OCc2ccc(C(F)(F)F)cc2)cn1. The predicted octanol–water partition coefficient (Wildman–Crippen LogP) is 4.62. The van der Waals surface area contributed by atoms with Crippen LogP contribution in [-0.4, -0.2) is 30.3 Å². The van der Waals surface area contributed by atoms with Crippen LogP contribution in [0.15, 0.2) is 67.1 Å². The van der Waals surface area contributed by atoms with E-state index in [0.29, 0.717) is 23.8 Å². The van der Waals surface area contributed by atoms with E-state index >= 15 is 8.78 Å². The molecule has 7 nitrogen and oxygen atoms in total. The van der Waals surface area contributed by atoms with E-state index in [0.717, 1.165) is 41.5 Å². The fourth-order valence-electron chi connectivity index (χ4n) is 3.49. The Morgan fingerprint density at radius 3 is 2.22 bits per heavy atom. The molecule has 0 saturated carbocycles. The summed E-state index contributed by atoms with van der Waals surface area (Å²) in [6.45, 7) is -1.19. The molecule has 4 rings (SSSR count). The number of benzene rings is 2. The van der Waals surface area contributed by atoms with Gasteiger partial charge >= 0.3 is 12.1 Å². The Bertz CT molecular complexity index is 1350. The first-order valence-electron chi connectivity index (χ1n) is 10.4. The maximum atomic E-state index is 15.7. The third-order valence-corrected chi connectivity index (χ3v) is 5.42. The Kier molecular flexibility index (Phi) is 6.86. The number of rotatable bonds is 8. The molecule has 2 aromatic carbocycles. The molecule has 37 heavy (non-hydrogen) atoms. The number of aromatic nitrogens is 5. The summed E-state index contributed by atoms with van der Waals surface area (Å²) in [4.78, 5) is 3.64. The Morgan fingerprint density at radius 2 is 1.65 bits per heavy atom. The van der Waals surface area contributed by atoms with Crippen molar-refractivity contribution in [1.29, 1.82) is 0 Å². The number of halogens is 7. The van der Waals surface area contributed by atoms with Gasteiger partial charge in [0.2, 0.25) is 0 Å². The fraction of sp³-hybridized carbons (Fsp3) is 0.217. The number of alkyl halides is 5. The first-order valence-corrected chi connectivity index (χ1v) is 10.4. The number of ether oxygens (including phenoxy) is 1. The third kappa shape index (κ3) is 5.38. The molecular weight excluding hydrogens is 511 g/mol. The summed E-state index contributed by atoms with van der Waals surface area (Å²) < 4.78 is 104. The molecule has 1 atom stereocenters. The van der Waals surface area contributed by atoms with Crippen molar-refractivity contribution in [2.75, 3.05) is 0 Å². The third-order valence-electron chi connectivity index (χ3n) is 5.42. The standard InChI is InChI=1S/C23H16F7N5O2/c24-16-5-7-18(19(25)9-16)21(36,12-35-13-32-33-34-35)22(26,27)20-8-6-17(10-31-20)37-11-14-1-3-15(4-2-14)23(28,29)30/h1-10,13,36H,11-12H2. The van der Waals surface area contributed by atoms with Gasteiger partial charge in [-0.3, -0.25) is 4.98 Å². The minimum absolute atomic E-state index is 0.00331. The molecule has 0 saturated heterocycles. The van der Waals surface area contributed by atoms with Crippen LogP contribution in [0, 0.1) is 11.6 Å². The van der Waals surface area contributed by atoms with Crippen molar-refractivity contribution in [2.24, 2.45) is 0 Å². The van der Waals surface area contributed by atoms with Crippen molar-refractivity contribution in [3.63, 3.8) is 0 Å². The quantitative estimate of drug-likeness (QED) is 0.337. The van der Waals surface area contributed by atoms with Gasteiger partial charge in [-0.2, -0.15) is 22.0 Å². The molecule has 0 aliphatic carbocycles. The van der Waals surface area contributed by atoms with Crippen molar-refractivity contribution >= 4 is 0 Å². The summed E-state index contributed by atoms with van der Waals surface area (Å²) in [7, 11) is 0. The van der Waals surface area contributed by atoms with E-state index < -0.39 is 52.7 Å². The molecule has 0 fully saturated rings. The fourth-order valence-corrected chi connectivity index (χ4v) is 3.49. The van der Waals surface area contributed by atoms with Crippen LogP contribution in [0.3, 0.4) is 0 Å². The van der Waals surface area contributed by atoms with E-state index in [4.69, 9.17) is 4.74 Å². The van der Waals surface area contributed by atoms with Crippen LogP contribution in [0.25, 0.3) is 0 Å².